The van der Waals surface area contributed by atoms with E-state index in [-0.39, 0.29) is 30.3 Å². The van der Waals surface area contributed by atoms with Crippen LogP contribution in [0.5, 0.6) is 5.88 Å². The number of hydrogen-bond donors (Lipinski definition) is 1. The molecule has 1 N–H and O–H groups in total. The fourth-order valence-corrected chi connectivity index (χ4v) is 3.58. The molecule has 0 spiro atoms. The highest BCUT2D eigenvalue weighted by Crippen LogP contribution is 2.23. The van der Waals surface area contributed by atoms with Crippen LogP contribution in [-0.4, -0.2) is 40.3 Å². The number of amides is 1. The van der Waals surface area contributed by atoms with Gasteiger partial charge in [-0.3, -0.25) is 14.9 Å². The van der Waals surface area contributed by atoms with Gasteiger partial charge in [-0.05, 0) is 45.0 Å². The fourth-order valence-electron chi connectivity index (χ4n) is 3.58. The van der Waals surface area contributed by atoms with Crippen LogP contribution in [0.4, 0.5) is 5.69 Å². The van der Waals surface area contributed by atoms with Gasteiger partial charge in [0.05, 0.1) is 17.7 Å². The Labute approximate surface area is 201 Å². The maximum atomic E-state index is 12.2. The van der Waals surface area contributed by atoms with Crippen molar-refractivity contribution in [2.24, 2.45) is 5.10 Å². The normalized spacial score (nSPS) is 10.8. The third-order valence-electron chi connectivity index (χ3n) is 5.13. The number of nitrogens with zero attached hydrogens (tertiary/aromatic N) is 5. The number of benzene rings is 1. The molecule has 0 bridgehead atoms. The topological polar surface area (TPSA) is 145 Å². The van der Waals surface area contributed by atoms with Crippen molar-refractivity contribution in [2.75, 3.05) is 13.7 Å². The lowest BCUT2D eigenvalue weighted by molar-refractivity contribution is -0.384. The molecule has 0 aliphatic heterocycles. The summed E-state index contributed by atoms with van der Waals surface area (Å²) in [6, 6.07) is 11.9. The van der Waals surface area contributed by atoms with Gasteiger partial charge in [0.1, 0.15) is 11.6 Å². The molecular weight excluding hydrogens is 452 g/mol. The van der Waals surface area contributed by atoms with Gasteiger partial charge in [0.25, 0.3) is 11.6 Å². The van der Waals surface area contributed by atoms with Crippen LogP contribution in [0.1, 0.15) is 33.8 Å². The van der Waals surface area contributed by atoms with E-state index in [2.05, 4.69) is 15.5 Å². The van der Waals surface area contributed by atoms with Crippen molar-refractivity contribution in [3.8, 4) is 17.6 Å². The summed E-state index contributed by atoms with van der Waals surface area (Å²) >= 11 is 0. The number of non-ortho nitro benzene ring substituents is 1. The first-order valence-corrected chi connectivity index (χ1v) is 10.5. The number of aromatic nitrogens is 2. The molecule has 3 rings (SSSR count). The molecule has 11 nitrogen and oxygen atoms in total. The van der Waals surface area contributed by atoms with E-state index in [4.69, 9.17) is 9.47 Å². The molecule has 1 amide bonds. The molecule has 1 aromatic carbocycles. The highest BCUT2D eigenvalue weighted by Gasteiger charge is 2.15. The number of ether oxygens (including phenoxy) is 2. The van der Waals surface area contributed by atoms with Gasteiger partial charge in [-0.2, -0.15) is 10.4 Å². The van der Waals surface area contributed by atoms with E-state index in [1.165, 1.54) is 25.5 Å². The van der Waals surface area contributed by atoms with Crippen molar-refractivity contribution in [1.82, 2.24) is 15.0 Å². The van der Waals surface area contributed by atoms with Crippen LogP contribution in [0, 0.1) is 42.2 Å². The number of nitriles is 1. The summed E-state index contributed by atoms with van der Waals surface area (Å²) in [4.78, 5) is 26.9. The second-order valence-corrected chi connectivity index (χ2v) is 7.66. The fraction of sp³-hybridized carbons (Fsp3) is 0.250. The second kappa shape index (κ2) is 11.0. The van der Waals surface area contributed by atoms with E-state index >= 15 is 0 Å². The minimum atomic E-state index is -0.522. The first-order valence-electron chi connectivity index (χ1n) is 10.5. The number of hydrogen-bond acceptors (Lipinski definition) is 8. The largest absolute Gasteiger partial charge is 0.467 e. The maximum absolute atomic E-state index is 12.2. The van der Waals surface area contributed by atoms with E-state index in [9.17, 15) is 20.2 Å². The second-order valence-electron chi connectivity index (χ2n) is 7.66. The lowest BCUT2D eigenvalue weighted by atomic mass is 10.1. The zero-order chi connectivity index (χ0) is 25.5. The molecule has 11 heteroatoms. The Morgan fingerprint density at radius 2 is 2.00 bits per heavy atom. The van der Waals surface area contributed by atoms with Gasteiger partial charge in [-0.1, -0.05) is 0 Å². The summed E-state index contributed by atoms with van der Waals surface area (Å²) in [6.07, 6.45) is 1.50. The zero-order valence-electron chi connectivity index (χ0n) is 19.7. The number of hydrazone groups is 1. The Morgan fingerprint density at radius 1 is 1.29 bits per heavy atom. The van der Waals surface area contributed by atoms with Crippen molar-refractivity contribution >= 4 is 17.8 Å². The van der Waals surface area contributed by atoms with Gasteiger partial charge >= 0.3 is 0 Å². The average Bonchev–Trinajstić information content (AvgIpc) is 3.10. The average molecular weight is 476 g/mol. The number of carbonyl (C=O) groups excluding carboxylic acids is 1. The number of nitro groups is 1. The predicted molar refractivity (Wildman–Crippen MR) is 128 cm³/mol. The van der Waals surface area contributed by atoms with E-state index in [0.29, 0.717) is 11.3 Å². The van der Waals surface area contributed by atoms with Gasteiger partial charge in [0.2, 0.25) is 5.88 Å². The predicted octanol–water partition coefficient (Wildman–Crippen LogP) is 3.25. The van der Waals surface area contributed by atoms with Crippen molar-refractivity contribution in [1.29, 1.82) is 5.26 Å². The first kappa shape index (κ1) is 25.1. The van der Waals surface area contributed by atoms with Crippen LogP contribution < -0.4 is 10.2 Å². The Balaban J connectivity index is 1.66. The van der Waals surface area contributed by atoms with E-state index in [1.807, 2.05) is 30.6 Å². The SMILES string of the molecule is COCc1cc(C)nc(OCC(=O)N/N=C\c2cc(C)n(-c3ccc([N+](=O)[O-])cc3)c2C)c1C#N. The summed E-state index contributed by atoms with van der Waals surface area (Å²) in [5, 5.41) is 24.3. The molecule has 0 aliphatic rings. The maximum Gasteiger partial charge on any atom is 0.278 e. The Bertz CT molecular complexity index is 1320. The minimum Gasteiger partial charge on any atom is -0.467 e. The monoisotopic (exact) mass is 476 g/mol. The summed E-state index contributed by atoms with van der Waals surface area (Å²) in [5.74, 6) is -0.462. The number of pyridine rings is 1. The van der Waals surface area contributed by atoms with E-state index < -0.39 is 10.8 Å². The number of rotatable bonds is 9. The third kappa shape index (κ3) is 5.87. The highest BCUT2D eigenvalue weighted by atomic mass is 16.6. The van der Waals surface area contributed by atoms with Crippen LogP contribution in [0.15, 0.2) is 41.5 Å². The summed E-state index contributed by atoms with van der Waals surface area (Å²) in [7, 11) is 1.52. The standard InChI is InChI=1S/C24H24N6O5/c1-15-9-19(13-34-4)22(11-25)24(27-15)35-14-23(31)28-26-12-18-10-16(2)29(17(18)3)20-5-7-21(8-6-20)30(32)33/h5-10,12H,13-14H2,1-4H3,(H,28,31)/b26-12-. The Hall–Kier alpha value is -4.56. The van der Waals surface area contributed by atoms with Crippen molar-refractivity contribution in [3.05, 3.63) is 80.3 Å². The van der Waals surface area contributed by atoms with Crippen LogP contribution in [0.3, 0.4) is 0 Å². The molecule has 180 valence electrons. The number of nitrogens with one attached hydrogen (secondary N) is 1. The molecule has 0 unspecified atom stereocenters. The van der Waals surface area contributed by atoms with Crippen LogP contribution >= 0.6 is 0 Å². The van der Waals surface area contributed by atoms with Crippen LogP contribution in [0.25, 0.3) is 5.69 Å². The number of nitro benzene ring substituents is 1. The quantitative estimate of drug-likeness (QED) is 0.283. The Morgan fingerprint density at radius 3 is 2.63 bits per heavy atom. The minimum absolute atomic E-state index is 0.0144. The summed E-state index contributed by atoms with van der Waals surface area (Å²) in [5.41, 5.74) is 7.16. The highest BCUT2D eigenvalue weighted by molar-refractivity contribution is 5.84. The molecule has 35 heavy (non-hydrogen) atoms. The molecule has 0 radical (unpaired) electrons. The van der Waals surface area contributed by atoms with Crippen molar-refractivity contribution < 1.29 is 19.2 Å². The molecule has 2 aromatic heterocycles. The third-order valence-corrected chi connectivity index (χ3v) is 5.13. The lowest BCUT2D eigenvalue weighted by Gasteiger charge is -2.10. The van der Waals surface area contributed by atoms with Gasteiger partial charge < -0.3 is 14.0 Å². The number of methoxy groups -OCH3 is 1. The van der Waals surface area contributed by atoms with Crippen LogP contribution in [0.2, 0.25) is 0 Å². The van der Waals surface area contributed by atoms with Crippen molar-refractivity contribution in [2.45, 2.75) is 27.4 Å². The van der Waals surface area contributed by atoms with Gasteiger partial charge in [0.15, 0.2) is 6.61 Å². The van der Waals surface area contributed by atoms with Gasteiger partial charge in [-0.15, -0.1) is 0 Å². The number of aryl methyl sites for hydroxylation is 2. The first-order chi connectivity index (χ1) is 16.7. The molecule has 3 aromatic rings. The van der Waals surface area contributed by atoms with Crippen LogP contribution in [-0.2, 0) is 16.1 Å². The van der Waals surface area contributed by atoms with E-state index in [1.54, 1.807) is 25.1 Å². The van der Waals surface area contributed by atoms with E-state index in [0.717, 1.165) is 22.6 Å². The molecule has 2 heterocycles. The molecule has 0 fully saturated rings. The molecular formula is C24H24N6O5. The molecule has 0 atom stereocenters. The molecule has 0 saturated heterocycles. The van der Waals surface area contributed by atoms with Gasteiger partial charge in [0, 0.05) is 53.1 Å². The molecule has 0 saturated carbocycles. The van der Waals surface area contributed by atoms with Gasteiger partial charge in [-0.25, -0.2) is 10.4 Å². The van der Waals surface area contributed by atoms with Crippen molar-refractivity contribution in [3.63, 3.8) is 0 Å². The summed E-state index contributed by atoms with van der Waals surface area (Å²) in [6.45, 7) is 5.38. The number of carbonyl (C=O) groups is 1. The lowest BCUT2D eigenvalue weighted by Crippen LogP contribution is -2.25. The zero-order valence-corrected chi connectivity index (χ0v) is 19.7. The smallest absolute Gasteiger partial charge is 0.278 e. The Kier molecular flexibility index (Phi) is 7.91. The molecule has 0 aliphatic carbocycles. The summed E-state index contributed by atoms with van der Waals surface area (Å²) < 4.78 is 12.5.